The second-order valence-corrected chi connectivity index (χ2v) is 7.06. The van der Waals surface area contributed by atoms with Gasteiger partial charge in [0.1, 0.15) is 0 Å². The first kappa shape index (κ1) is 17.2. The number of rotatable bonds is 6. The van der Waals surface area contributed by atoms with E-state index in [9.17, 15) is 0 Å². The molecule has 5 nitrogen and oxygen atoms in total. The van der Waals surface area contributed by atoms with Crippen molar-refractivity contribution in [2.24, 2.45) is 5.92 Å². The van der Waals surface area contributed by atoms with Gasteiger partial charge >= 0.3 is 0 Å². The molecule has 0 radical (unpaired) electrons. The fraction of sp³-hybridized carbons (Fsp3) is 1.00. The molecule has 0 spiro atoms. The molecule has 1 unspecified atom stereocenters. The van der Waals surface area contributed by atoms with Gasteiger partial charge in [-0.25, -0.2) is 0 Å². The lowest BCUT2D eigenvalue weighted by atomic mass is 10.0. The van der Waals surface area contributed by atoms with Crippen molar-refractivity contribution < 1.29 is 14.2 Å². The quantitative estimate of drug-likeness (QED) is 0.805. The molecule has 2 saturated heterocycles. The monoisotopic (exact) mass is 300 g/mol. The zero-order valence-corrected chi connectivity index (χ0v) is 14.1. The maximum absolute atomic E-state index is 5.72. The second kappa shape index (κ2) is 7.88. The maximum atomic E-state index is 5.72. The van der Waals surface area contributed by atoms with Crippen molar-refractivity contribution in [2.45, 2.75) is 52.0 Å². The van der Waals surface area contributed by atoms with E-state index >= 15 is 0 Å². The molecule has 2 aliphatic heterocycles. The fourth-order valence-corrected chi connectivity index (χ4v) is 2.96. The Bertz CT molecular complexity index is 294. The van der Waals surface area contributed by atoms with E-state index in [1.54, 1.807) is 0 Å². The van der Waals surface area contributed by atoms with Crippen molar-refractivity contribution in [1.29, 1.82) is 0 Å². The summed E-state index contributed by atoms with van der Waals surface area (Å²) in [6, 6.07) is 0.873. The third-order valence-corrected chi connectivity index (χ3v) is 4.21. The van der Waals surface area contributed by atoms with Crippen LogP contribution in [0.2, 0.25) is 0 Å². The molecule has 0 aromatic rings. The van der Waals surface area contributed by atoms with Crippen LogP contribution in [0.3, 0.4) is 0 Å². The maximum Gasteiger partial charge on any atom is 0.162 e. The molecule has 1 atom stereocenters. The normalized spacial score (nSPS) is 26.1. The van der Waals surface area contributed by atoms with Gasteiger partial charge in [0.05, 0.1) is 32.5 Å². The molecule has 0 amide bonds. The predicted molar refractivity (Wildman–Crippen MR) is 83.4 cm³/mol. The van der Waals surface area contributed by atoms with Gasteiger partial charge in [0.2, 0.25) is 0 Å². The molecule has 0 bridgehead atoms. The summed E-state index contributed by atoms with van der Waals surface area (Å²) < 4.78 is 16.9. The fourth-order valence-electron chi connectivity index (χ4n) is 2.96. The van der Waals surface area contributed by atoms with Crippen LogP contribution in [0.15, 0.2) is 0 Å². The Labute approximate surface area is 129 Å². The van der Waals surface area contributed by atoms with Crippen LogP contribution in [0.4, 0.5) is 0 Å². The van der Waals surface area contributed by atoms with Crippen LogP contribution in [0.25, 0.3) is 0 Å². The minimum Gasteiger partial charge on any atom is -0.379 e. The molecule has 21 heavy (non-hydrogen) atoms. The number of hydrogen-bond donors (Lipinski definition) is 1. The topological polar surface area (TPSA) is 43.0 Å². The summed E-state index contributed by atoms with van der Waals surface area (Å²) in [6.45, 7) is 14.8. The molecule has 0 aromatic carbocycles. The minimum atomic E-state index is -0.431. The van der Waals surface area contributed by atoms with Gasteiger partial charge in [-0.2, -0.15) is 0 Å². The van der Waals surface area contributed by atoms with E-state index in [0.29, 0.717) is 18.0 Å². The molecule has 2 aliphatic rings. The summed E-state index contributed by atoms with van der Waals surface area (Å²) in [5.41, 5.74) is 0. The Hall–Kier alpha value is -0.200. The van der Waals surface area contributed by atoms with Gasteiger partial charge in [-0.1, -0.05) is 13.8 Å². The van der Waals surface area contributed by atoms with Crippen LogP contribution >= 0.6 is 0 Å². The average molecular weight is 300 g/mol. The lowest BCUT2D eigenvalue weighted by Crippen LogP contribution is -2.54. The molecular weight excluding hydrogens is 268 g/mol. The van der Waals surface area contributed by atoms with Gasteiger partial charge in [0.25, 0.3) is 0 Å². The number of nitrogens with one attached hydrogen (secondary N) is 1. The highest BCUT2D eigenvalue weighted by Crippen LogP contribution is 2.18. The standard InChI is InChI=1S/C16H32N2O3/c1-13(2)9-15(18-5-7-19-8-6-18)10-17-14-11-20-16(3,4)21-12-14/h13-15,17H,5-12H2,1-4H3. The number of ether oxygens (including phenoxy) is 3. The Balaban J connectivity index is 1.78. The van der Waals surface area contributed by atoms with Gasteiger partial charge in [0.15, 0.2) is 5.79 Å². The van der Waals surface area contributed by atoms with E-state index < -0.39 is 5.79 Å². The van der Waals surface area contributed by atoms with Crippen molar-refractivity contribution >= 4 is 0 Å². The molecule has 0 aliphatic carbocycles. The van der Waals surface area contributed by atoms with Crippen molar-refractivity contribution in [2.75, 3.05) is 46.1 Å². The van der Waals surface area contributed by atoms with Gasteiger partial charge in [0, 0.05) is 25.7 Å². The van der Waals surface area contributed by atoms with Crippen molar-refractivity contribution in [3.63, 3.8) is 0 Å². The zero-order valence-electron chi connectivity index (χ0n) is 14.1. The predicted octanol–water partition coefficient (Wildman–Crippen LogP) is 1.47. The van der Waals surface area contributed by atoms with Crippen LogP contribution in [0.1, 0.15) is 34.1 Å². The van der Waals surface area contributed by atoms with Crippen LogP contribution in [-0.2, 0) is 14.2 Å². The first-order valence-corrected chi connectivity index (χ1v) is 8.29. The molecule has 0 saturated carbocycles. The van der Waals surface area contributed by atoms with Crippen molar-refractivity contribution in [3.05, 3.63) is 0 Å². The van der Waals surface area contributed by atoms with Crippen molar-refractivity contribution in [3.8, 4) is 0 Å². The molecule has 124 valence electrons. The Kier molecular flexibility index (Phi) is 6.44. The zero-order chi connectivity index (χ0) is 15.3. The lowest BCUT2D eigenvalue weighted by molar-refractivity contribution is -0.253. The van der Waals surface area contributed by atoms with E-state index in [1.807, 2.05) is 13.8 Å². The third-order valence-electron chi connectivity index (χ3n) is 4.21. The highest BCUT2D eigenvalue weighted by molar-refractivity contribution is 4.81. The molecule has 2 fully saturated rings. The molecular formula is C16H32N2O3. The molecule has 2 rings (SSSR count). The first-order valence-electron chi connectivity index (χ1n) is 8.29. The van der Waals surface area contributed by atoms with E-state index in [4.69, 9.17) is 14.2 Å². The number of nitrogens with zero attached hydrogens (tertiary/aromatic N) is 1. The summed E-state index contributed by atoms with van der Waals surface area (Å²) in [4.78, 5) is 2.56. The highest BCUT2D eigenvalue weighted by Gasteiger charge is 2.29. The van der Waals surface area contributed by atoms with Crippen LogP contribution < -0.4 is 5.32 Å². The van der Waals surface area contributed by atoms with Crippen LogP contribution in [0, 0.1) is 5.92 Å². The Morgan fingerprint density at radius 1 is 1.14 bits per heavy atom. The summed E-state index contributed by atoms with van der Waals surface area (Å²) in [5.74, 6) is 0.275. The lowest BCUT2D eigenvalue weighted by Gasteiger charge is -2.38. The largest absolute Gasteiger partial charge is 0.379 e. The van der Waals surface area contributed by atoms with E-state index in [0.717, 1.165) is 46.1 Å². The molecule has 1 N–H and O–H groups in total. The highest BCUT2D eigenvalue weighted by atomic mass is 16.7. The van der Waals surface area contributed by atoms with E-state index in [2.05, 4.69) is 24.1 Å². The van der Waals surface area contributed by atoms with E-state index in [1.165, 1.54) is 6.42 Å². The smallest absolute Gasteiger partial charge is 0.162 e. The summed E-state index contributed by atoms with van der Waals surface area (Å²) in [5, 5.41) is 3.63. The van der Waals surface area contributed by atoms with Crippen LogP contribution in [-0.4, -0.2) is 68.8 Å². The van der Waals surface area contributed by atoms with Gasteiger partial charge in [-0.15, -0.1) is 0 Å². The molecule has 2 heterocycles. The third kappa shape index (κ3) is 5.83. The average Bonchev–Trinajstić information content (AvgIpc) is 2.45. The van der Waals surface area contributed by atoms with Crippen LogP contribution in [0.5, 0.6) is 0 Å². The van der Waals surface area contributed by atoms with Gasteiger partial charge in [-0.05, 0) is 26.2 Å². The summed E-state index contributed by atoms with van der Waals surface area (Å²) >= 11 is 0. The SMILES string of the molecule is CC(C)CC(CNC1COC(C)(C)OC1)N1CCOCC1. The summed E-state index contributed by atoms with van der Waals surface area (Å²) in [6.07, 6.45) is 1.22. The number of morpholine rings is 1. The Morgan fingerprint density at radius 3 is 2.33 bits per heavy atom. The molecule has 0 aromatic heterocycles. The second-order valence-electron chi connectivity index (χ2n) is 7.06. The minimum absolute atomic E-state index is 0.300. The Morgan fingerprint density at radius 2 is 1.76 bits per heavy atom. The van der Waals surface area contributed by atoms with Crippen molar-refractivity contribution in [1.82, 2.24) is 10.2 Å². The first-order chi connectivity index (χ1) is 9.96. The number of hydrogen-bond acceptors (Lipinski definition) is 5. The van der Waals surface area contributed by atoms with E-state index in [-0.39, 0.29) is 0 Å². The van der Waals surface area contributed by atoms with Gasteiger partial charge in [-0.3, -0.25) is 4.90 Å². The summed E-state index contributed by atoms with van der Waals surface area (Å²) in [7, 11) is 0. The molecule has 5 heteroatoms. The van der Waals surface area contributed by atoms with Gasteiger partial charge < -0.3 is 19.5 Å².